The second-order valence-electron chi connectivity index (χ2n) is 3.68. The molecule has 17 heavy (non-hydrogen) atoms. The summed E-state index contributed by atoms with van der Waals surface area (Å²) in [6.07, 6.45) is 0.671. The van der Waals surface area contributed by atoms with Gasteiger partial charge in [0.25, 0.3) is 0 Å². The second kappa shape index (κ2) is 6.66. The first kappa shape index (κ1) is 13.2. The van der Waals surface area contributed by atoms with Gasteiger partial charge < -0.3 is 10.1 Å². The van der Waals surface area contributed by atoms with Crippen LogP contribution in [0.25, 0.3) is 0 Å². The van der Waals surface area contributed by atoms with Gasteiger partial charge in [-0.2, -0.15) is 5.26 Å². The Bertz CT molecular complexity index is 424. The van der Waals surface area contributed by atoms with Crippen LogP contribution in [-0.4, -0.2) is 19.1 Å². The summed E-state index contributed by atoms with van der Waals surface area (Å²) in [5.41, 5.74) is 1.60. The molecule has 90 valence electrons. The molecule has 0 aromatic heterocycles. The maximum atomic E-state index is 11.4. The Morgan fingerprint density at radius 3 is 2.94 bits per heavy atom. The van der Waals surface area contributed by atoms with Gasteiger partial charge in [0.15, 0.2) is 0 Å². The lowest BCUT2D eigenvalue weighted by molar-refractivity contribution is -0.143. The van der Waals surface area contributed by atoms with E-state index in [0.717, 1.165) is 5.56 Å². The van der Waals surface area contributed by atoms with Gasteiger partial charge >= 0.3 is 5.97 Å². The fourth-order valence-electron chi connectivity index (χ4n) is 1.53. The van der Waals surface area contributed by atoms with Crippen molar-refractivity contribution in [3.63, 3.8) is 0 Å². The molecule has 4 heteroatoms. The zero-order chi connectivity index (χ0) is 12.7. The first-order valence-electron chi connectivity index (χ1n) is 5.51. The van der Waals surface area contributed by atoms with Crippen molar-refractivity contribution in [1.82, 2.24) is 5.32 Å². The number of hydrogen-bond donors (Lipinski definition) is 1. The standard InChI is InChI=1S/C13H16N2O2/c1-3-12(13(16)17-2)15-9-11-6-4-5-10(7-11)8-14/h4-7,12,15H,3,9H2,1-2H3. The van der Waals surface area contributed by atoms with E-state index in [1.807, 2.05) is 19.1 Å². The molecule has 1 rings (SSSR count). The third-order valence-corrected chi connectivity index (χ3v) is 2.50. The summed E-state index contributed by atoms with van der Waals surface area (Å²) in [6.45, 7) is 2.46. The molecule has 4 nitrogen and oxygen atoms in total. The van der Waals surface area contributed by atoms with Crippen LogP contribution in [0.15, 0.2) is 24.3 Å². The molecule has 0 saturated heterocycles. The van der Waals surface area contributed by atoms with Crippen LogP contribution in [0.1, 0.15) is 24.5 Å². The van der Waals surface area contributed by atoms with E-state index in [0.29, 0.717) is 18.5 Å². The summed E-state index contributed by atoms with van der Waals surface area (Å²) in [5, 5.41) is 11.9. The van der Waals surface area contributed by atoms with E-state index < -0.39 is 0 Å². The van der Waals surface area contributed by atoms with Crippen molar-refractivity contribution in [2.75, 3.05) is 7.11 Å². The number of benzene rings is 1. The van der Waals surface area contributed by atoms with Gasteiger partial charge in [-0.15, -0.1) is 0 Å². The predicted octanol–water partition coefficient (Wildman–Crippen LogP) is 1.60. The molecule has 0 aliphatic rings. The number of nitrogens with zero attached hydrogens (tertiary/aromatic N) is 1. The van der Waals surface area contributed by atoms with Crippen molar-refractivity contribution in [3.05, 3.63) is 35.4 Å². The predicted molar refractivity (Wildman–Crippen MR) is 64.1 cm³/mol. The second-order valence-corrected chi connectivity index (χ2v) is 3.68. The van der Waals surface area contributed by atoms with Gasteiger partial charge in [0.05, 0.1) is 18.7 Å². The van der Waals surface area contributed by atoms with Crippen LogP contribution in [0.5, 0.6) is 0 Å². The highest BCUT2D eigenvalue weighted by atomic mass is 16.5. The molecule has 0 amide bonds. The van der Waals surface area contributed by atoms with Crippen molar-refractivity contribution in [2.24, 2.45) is 0 Å². The Morgan fingerprint density at radius 2 is 2.35 bits per heavy atom. The number of hydrogen-bond acceptors (Lipinski definition) is 4. The molecule has 0 radical (unpaired) electrons. The lowest BCUT2D eigenvalue weighted by Crippen LogP contribution is -2.36. The number of methoxy groups -OCH3 is 1. The Labute approximate surface area is 101 Å². The molecule has 0 spiro atoms. The van der Waals surface area contributed by atoms with E-state index in [-0.39, 0.29) is 12.0 Å². The van der Waals surface area contributed by atoms with E-state index in [2.05, 4.69) is 16.1 Å². The molecule has 1 unspecified atom stereocenters. The maximum absolute atomic E-state index is 11.4. The highest BCUT2D eigenvalue weighted by molar-refractivity contribution is 5.75. The van der Waals surface area contributed by atoms with Crippen LogP contribution in [0.2, 0.25) is 0 Å². The minimum absolute atomic E-state index is 0.260. The van der Waals surface area contributed by atoms with E-state index in [4.69, 9.17) is 5.26 Å². The van der Waals surface area contributed by atoms with E-state index in [1.165, 1.54) is 7.11 Å². The third kappa shape index (κ3) is 3.89. The van der Waals surface area contributed by atoms with Gasteiger partial charge in [0.2, 0.25) is 0 Å². The van der Waals surface area contributed by atoms with E-state index in [1.54, 1.807) is 12.1 Å². The SMILES string of the molecule is CCC(NCc1cccc(C#N)c1)C(=O)OC. The van der Waals surface area contributed by atoms with Crippen molar-refractivity contribution in [2.45, 2.75) is 25.9 Å². The van der Waals surface area contributed by atoms with Crippen LogP contribution < -0.4 is 5.32 Å². The summed E-state index contributed by atoms with van der Waals surface area (Å²) in [4.78, 5) is 11.4. The van der Waals surface area contributed by atoms with Crippen molar-refractivity contribution in [1.29, 1.82) is 5.26 Å². The number of esters is 1. The monoisotopic (exact) mass is 232 g/mol. The minimum Gasteiger partial charge on any atom is -0.468 e. The van der Waals surface area contributed by atoms with Gasteiger partial charge in [0, 0.05) is 6.54 Å². The van der Waals surface area contributed by atoms with Gasteiger partial charge in [-0.05, 0) is 24.1 Å². The average molecular weight is 232 g/mol. The Balaban J connectivity index is 2.60. The first-order chi connectivity index (χ1) is 8.21. The largest absolute Gasteiger partial charge is 0.468 e. The molecule has 0 aliphatic heterocycles. The van der Waals surface area contributed by atoms with Gasteiger partial charge in [-0.1, -0.05) is 19.1 Å². The Hall–Kier alpha value is -1.86. The third-order valence-electron chi connectivity index (χ3n) is 2.50. The van der Waals surface area contributed by atoms with Crippen LogP contribution in [-0.2, 0) is 16.1 Å². The molecule has 1 N–H and O–H groups in total. The topological polar surface area (TPSA) is 62.1 Å². The lowest BCUT2D eigenvalue weighted by Gasteiger charge is -2.14. The van der Waals surface area contributed by atoms with Crippen LogP contribution in [0.4, 0.5) is 0 Å². The fourth-order valence-corrected chi connectivity index (χ4v) is 1.53. The van der Waals surface area contributed by atoms with Crippen molar-refractivity contribution in [3.8, 4) is 6.07 Å². The molecule has 0 saturated carbocycles. The number of carbonyl (C=O) groups is 1. The van der Waals surface area contributed by atoms with Gasteiger partial charge in [0.1, 0.15) is 6.04 Å². The summed E-state index contributed by atoms with van der Waals surface area (Å²) in [5.74, 6) is -0.260. The molecule has 0 bridgehead atoms. The zero-order valence-electron chi connectivity index (χ0n) is 10.1. The molecular formula is C13H16N2O2. The molecule has 0 fully saturated rings. The maximum Gasteiger partial charge on any atom is 0.322 e. The van der Waals surface area contributed by atoms with Crippen molar-refractivity contribution >= 4 is 5.97 Å². The Morgan fingerprint density at radius 1 is 1.59 bits per heavy atom. The highest BCUT2D eigenvalue weighted by Gasteiger charge is 2.15. The molecule has 1 aromatic carbocycles. The highest BCUT2D eigenvalue weighted by Crippen LogP contribution is 2.05. The molecule has 1 aromatic rings. The summed E-state index contributed by atoms with van der Waals surface area (Å²) >= 11 is 0. The quantitative estimate of drug-likeness (QED) is 0.783. The zero-order valence-corrected chi connectivity index (χ0v) is 10.1. The molecule has 0 aliphatic carbocycles. The van der Waals surface area contributed by atoms with Crippen LogP contribution >= 0.6 is 0 Å². The first-order valence-corrected chi connectivity index (χ1v) is 5.51. The number of carbonyl (C=O) groups excluding carboxylic acids is 1. The van der Waals surface area contributed by atoms with E-state index >= 15 is 0 Å². The summed E-state index contributed by atoms with van der Waals surface area (Å²) < 4.78 is 4.68. The normalized spacial score (nSPS) is 11.6. The summed E-state index contributed by atoms with van der Waals surface area (Å²) in [6, 6.07) is 9.08. The lowest BCUT2D eigenvalue weighted by atomic mass is 10.1. The van der Waals surface area contributed by atoms with Crippen LogP contribution in [0.3, 0.4) is 0 Å². The molecule has 1 atom stereocenters. The number of rotatable bonds is 5. The average Bonchev–Trinajstić information content (AvgIpc) is 2.39. The number of ether oxygens (including phenoxy) is 1. The number of nitrogens with one attached hydrogen (secondary N) is 1. The Kier molecular flexibility index (Phi) is 5.18. The minimum atomic E-state index is -0.300. The summed E-state index contributed by atoms with van der Waals surface area (Å²) in [7, 11) is 1.38. The number of nitriles is 1. The molecular weight excluding hydrogens is 216 g/mol. The van der Waals surface area contributed by atoms with Gasteiger partial charge in [-0.3, -0.25) is 4.79 Å². The fraction of sp³-hybridized carbons (Fsp3) is 0.385. The van der Waals surface area contributed by atoms with E-state index in [9.17, 15) is 4.79 Å². The smallest absolute Gasteiger partial charge is 0.322 e. The van der Waals surface area contributed by atoms with Crippen molar-refractivity contribution < 1.29 is 9.53 Å². The molecule has 0 heterocycles. The van der Waals surface area contributed by atoms with Crippen LogP contribution in [0, 0.1) is 11.3 Å². The van der Waals surface area contributed by atoms with Gasteiger partial charge in [-0.25, -0.2) is 0 Å².